The number of β-amino-alcohol motifs (C(OH)–C–C–N with tert-alkyl or cyclic N) is 1. The molecular weight excluding hydrogens is 284 g/mol. The van der Waals surface area contributed by atoms with Gasteiger partial charge in [-0.05, 0) is 24.3 Å². The fourth-order valence-electron chi connectivity index (χ4n) is 1.83. The summed E-state index contributed by atoms with van der Waals surface area (Å²) in [5.41, 5.74) is 0.503. The summed E-state index contributed by atoms with van der Waals surface area (Å²) < 4.78 is 4.79. The number of carbonyl (C=O) groups excluding carboxylic acids is 2. The van der Waals surface area contributed by atoms with E-state index in [1.54, 1.807) is 24.3 Å². The van der Waals surface area contributed by atoms with Crippen LogP contribution in [0.25, 0.3) is 0 Å². The summed E-state index contributed by atoms with van der Waals surface area (Å²) in [6, 6.07) is 6.53. The predicted octanol–water partition coefficient (Wildman–Crippen LogP) is 0.247. The van der Waals surface area contributed by atoms with Crippen molar-refractivity contribution in [1.29, 1.82) is 0 Å². The zero-order valence-electron chi connectivity index (χ0n) is 10.7. The highest BCUT2D eigenvalue weighted by Crippen LogP contribution is 2.09. The quantitative estimate of drug-likeness (QED) is 0.835. The summed E-state index contributed by atoms with van der Waals surface area (Å²) in [6.07, 6.45) is -0.959. The van der Waals surface area contributed by atoms with Crippen molar-refractivity contribution < 1.29 is 19.4 Å². The Morgan fingerprint density at radius 3 is 2.85 bits per heavy atom. The number of nitrogens with one attached hydrogen (secondary N) is 1. The number of amides is 2. The number of aliphatic hydroxyl groups excluding tert-OH is 1. The number of hydrogen-bond donors (Lipinski definition) is 2. The molecule has 1 aromatic rings. The third kappa shape index (κ3) is 3.93. The molecule has 1 fully saturated rings. The minimum atomic E-state index is -0.959. The highest BCUT2D eigenvalue weighted by Gasteiger charge is 2.24. The van der Waals surface area contributed by atoms with Crippen LogP contribution in [-0.4, -0.2) is 54.4 Å². The van der Waals surface area contributed by atoms with Gasteiger partial charge in [-0.2, -0.15) is 0 Å². The first-order chi connectivity index (χ1) is 9.56. The first-order valence-electron chi connectivity index (χ1n) is 6.17. The summed E-state index contributed by atoms with van der Waals surface area (Å²) in [4.78, 5) is 24.8. The van der Waals surface area contributed by atoms with Gasteiger partial charge in [0.15, 0.2) is 6.29 Å². The van der Waals surface area contributed by atoms with Crippen LogP contribution in [0.15, 0.2) is 24.3 Å². The van der Waals surface area contributed by atoms with E-state index in [4.69, 9.17) is 16.3 Å². The minimum absolute atomic E-state index is 0.121. The van der Waals surface area contributed by atoms with E-state index in [0.717, 1.165) is 0 Å². The third-order valence-corrected chi connectivity index (χ3v) is 3.15. The predicted molar refractivity (Wildman–Crippen MR) is 72.3 cm³/mol. The average molecular weight is 299 g/mol. The molecule has 1 aliphatic heterocycles. The maximum Gasteiger partial charge on any atom is 0.251 e. The van der Waals surface area contributed by atoms with Crippen molar-refractivity contribution in [3.05, 3.63) is 34.9 Å². The molecule has 20 heavy (non-hydrogen) atoms. The van der Waals surface area contributed by atoms with Crippen LogP contribution in [0, 0.1) is 0 Å². The Kier molecular flexibility index (Phi) is 4.94. The fourth-order valence-corrected chi connectivity index (χ4v) is 1.95. The van der Waals surface area contributed by atoms with Crippen LogP contribution in [0.2, 0.25) is 5.02 Å². The molecular formula is C13H15ClN2O4. The molecule has 1 unspecified atom stereocenters. The van der Waals surface area contributed by atoms with Gasteiger partial charge >= 0.3 is 0 Å². The molecule has 1 aliphatic rings. The molecule has 0 saturated carbocycles. The zero-order valence-corrected chi connectivity index (χ0v) is 11.5. The zero-order chi connectivity index (χ0) is 14.5. The SMILES string of the molecule is O=C(NCCN1CC(O)OCC1=O)c1ccc(Cl)cc1. The molecule has 1 atom stereocenters. The molecule has 108 valence electrons. The van der Waals surface area contributed by atoms with Gasteiger partial charge in [0.05, 0.1) is 6.54 Å². The number of benzene rings is 1. The molecule has 0 spiro atoms. The van der Waals surface area contributed by atoms with Gasteiger partial charge in [-0.15, -0.1) is 0 Å². The summed E-state index contributed by atoms with van der Waals surface area (Å²) in [7, 11) is 0. The molecule has 2 amide bonds. The van der Waals surface area contributed by atoms with Crippen molar-refractivity contribution in [2.75, 3.05) is 26.2 Å². The van der Waals surface area contributed by atoms with Crippen molar-refractivity contribution >= 4 is 23.4 Å². The molecule has 0 radical (unpaired) electrons. The van der Waals surface area contributed by atoms with Gasteiger partial charge in [0.2, 0.25) is 5.91 Å². The van der Waals surface area contributed by atoms with E-state index in [0.29, 0.717) is 23.7 Å². The maximum absolute atomic E-state index is 11.8. The van der Waals surface area contributed by atoms with Gasteiger partial charge in [-0.25, -0.2) is 0 Å². The van der Waals surface area contributed by atoms with Crippen molar-refractivity contribution in [2.45, 2.75) is 6.29 Å². The standard InChI is InChI=1S/C13H15ClN2O4/c14-10-3-1-9(2-4-10)13(19)15-5-6-16-7-12(18)20-8-11(16)17/h1-4,12,18H,5-8H2,(H,15,19). The summed E-state index contributed by atoms with van der Waals surface area (Å²) in [6.45, 7) is 0.625. The molecule has 2 N–H and O–H groups in total. The Morgan fingerprint density at radius 1 is 1.45 bits per heavy atom. The average Bonchev–Trinajstić information content (AvgIpc) is 2.43. The molecule has 2 rings (SSSR count). The van der Waals surface area contributed by atoms with E-state index in [1.807, 2.05) is 0 Å². The topological polar surface area (TPSA) is 78.9 Å². The van der Waals surface area contributed by atoms with Crippen LogP contribution in [0.4, 0.5) is 0 Å². The fraction of sp³-hybridized carbons (Fsp3) is 0.385. The van der Waals surface area contributed by atoms with Gasteiger partial charge in [0.1, 0.15) is 6.61 Å². The largest absolute Gasteiger partial charge is 0.366 e. The number of carbonyl (C=O) groups is 2. The highest BCUT2D eigenvalue weighted by molar-refractivity contribution is 6.30. The van der Waals surface area contributed by atoms with Crippen molar-refractivity contribution in [3.8, 4) is 0 Å². The van der Waals surface area contributed by atoms with Crippen LogP contribution in [-0.2, 0) is 9.53 Å². The Hall–Kier alpha value is -1.63. The van der Waals surface area contributed by atoms with Crippen LogP contribution >= 0.6 is 11.6 Å². The van der Waals surface area contributed by atoms with Gasteiger partial charge < -0.3 is 20.1 Å². The molecule has 7 heteroatoms. The van der Waals surface area contributed by atoms with Gasteiger partial charge in [0, 0.05) is 23.7 Å². The second-order valence-corrected chi connectivity index (χ2v) is 4.80. The van der Waals surface area contributed by atoms with Gasteiger partial charge in [-0.3, -0.25) is 9.59 Å². The van der Waals surface area contributed by atoms with Crippen molar-refractivity contribution in [1.82, 2.24) is 10.2 Å². The second kappa shape index (κ2) is 6.69. The molecule has 1 aromatic carbocycles. The van der Waals surface area contributed by atoms with Gasteiger partial charge in [-0.1, -0.05) is 11.6 Å². The highest BCUT2D eigenvalue weighted by atomic mass is 35.5. The number of halogens is 1. The first kappa shape index (κ1) is 14.8. The van der Waals surface area contributed by atoms with E-state index < -0.39 is 6.29 Å². The minimum Gasteiger partial charge on any atom is -0.366 e. The Labute approximate surface area is 121 Å². The number of nitrogens with zero attached hydrogens (tertiary/aromatic N) is 1. The Bertz CT molecular complexity index is 492. The maximum atomic E-state index is 11.8. The Morgan fingerprint density at radius 2 is 2.15 bits per heavy atom. The smallest absolute Gasteiger partial charge is 0.251 e. The van der Waals surface area contributed by atoms with Crippen LogP contribution < -0.4 is 5.32 Å². The number of rotatable bonds is 4. The number of ether oxygens (including phenoxy) is 1. The molecule has 1 heterocycles. The lowest BCUT2D eigenvalue weighted by atomic mass is 10.2. The van der Waals surface area contributed by atoms with E-state index in [9.17, 15) is 14.7 Å². The van der Waals surface area contributed by atoms with Crippen molar-refractivity contribution in [2.24, 2.45) is 0 Å². The molecule has 0 bridgehead atoms. The van der Waals surface area contributed by atoms with Gasteiger partial charge in [0.25, 0.3) is 5.91 Å². The summed E-state index contributed by atoms with van der Waals surface area (Å²) in [5.74, 6) is -0.432. The molecule has 0 aromatic heterocycles. The number of morpholine rings is 1. The van der Waals surface area contributed by atoms with E-state index in [1.165, 1.54) is 4.90 Å². The number of hydrogen-bond acceptors (Lipinski definition) is 4. The Balaban J connectivity index is 1.79. The molecule has 1 saturated heterocycles. The van der Waals surface area contributed by atoms with Crippen LogP contribution in [0.1, 0.15) is 10.4 Å². The number of aliphatic hydroxyl groups is 1. The molecule has 6 nitrogen and oxygen atoms in total. The lowest BCUT2D eigenvalue weighted by Crippen LogP contribution is -2.49. The lowest BCUT2D eigenvalue weighted by molar-refractivity contribution is -0.175. The monoisotopic (exact) mass is 298 g/mol. The normalized spacial score (nSPS) is 19.0. The third-order valence-electron chi connectivity index (χ3n) is 2.90. The lowest BCUT2D eigenvalue weighted by Gasteiger charge is -2.30. The van der Waals surface area contributed by atoms with E-state index >= 15 is 0 Å². The second-order valence-electron chi connectivity index (χ2n) is 4.37. The van der Waals surface area contributed by atoms with E-state index in [2.05, 4.69) is 5.32 Å². The van der Waals surface area contributed by atoms with Crippen molar-refractivity contribution in [3.63, 3.8) is 0 Å². The van der Waals surface area contributed by atoms with Crippen LogP contribution in [0.3, 0.4) is 0 Å². The van der Waals surface area contributed by atoms with Crippen LogP contribution in [0.5, 0.6) is 0 Å². The molecule has 0 aliphatic carbocycles. The van der Waals surface area contributed by atoms with E-state index in [-0.39, 0.29) is 25.0 Å². The first-order valence-corrected chi connectivity index (χ1v) is 6.55. The summed E-state index contributed by atoms with van der Waals surface area (Å²) >= 11 is 5.74. The summed E-state index contributed by atoms with van der Waals surface area (Å²) in [5, 5.41) is 12.6.